The number of alkyl halides is 3. The summed E-state index contributed by atoms with van der Waals surface area (Å²) in [6.45, 7) is 3.13. The molecule has 3 nitrogen and oxygen atoms in total. The highest BCUT2D eigenvalue weighted by Crippen LogP contribution is 2.35. The fourth-order valence-electron chi connectivity index (χ4n) is 1.46. The summed E-state index contributed by atoms with van der Waals surface area (Å²) in [5.74, 6) is 0.379. The molecule has 0 saturated heterocycles. The van der Waals surface area contributed by atoms with E-state index in [9.17, 15) is 13.2 Å². The van der Waals surface area contributed by atoms with Gasteiger partial charge in [0.2, 0.25) is 0 Å². The Morgan fingerprint density at radius 2 is 1.94 bits per heavy atom. The summed E-state index contributed by atoms with van der Waals surface area (Å²) in [6, 6.07) is 0.978. The van der Waals surface area contributed by atoms with E-state index in [1.54, 1.807) is 6.92 Å². The second-order valence-electron chi connectivity index (χ2n) is 3.42. The van der Waals surface area contributed by atoms with Crippen molar-refractivity contribution in [3.8, 4) is 0 Å². The summed E-state index contributed by atoms with van der Waals surface area (Å²) in [5.41, 5.74) is -0.170. The van der Waals surface area contributed by atoms with Crippen LogP contribution in [0.15, 0.2) is 6.07 Å². The van der Waals surface area contributed by atoms with Gasteiger partial charge in [-0.3, -0.25) is 0 Å². The average Bonchev–Trinajstić information content (AvgIpc) is 2.52. The van der Waals surface area contributed by atoms with Gasteiger partial charge in [0.05, 0.1) is 5.56 Å². The van der Waals surface area contributed by atoms with Crippen molar-refractivity contribution < 1.29 is 13.2 Å². The molecule has 7 heteroatoms. The van der Waals surface area contributed by atoms with E-state index in [0.29, 0.717) is 17.0 Å². The van der Waals surface area contributed by atoms with Crippen LogP contribution in [0.4, 0.5) is 13.2 Å². The van der Waals surface area contributed by atoms with Crippen LogP contribution >= 0.6 is 11.6 Å². The van der Waals surface area contributed by atoms with E-state index in [-0.39, 0.29) is 0 Å². The molecule has 0 aliphatic heterocycles. The predicted molar refractivity (Wildman–Crippen MR) is 52.5 cm³/mol. The van der Waals surface area contributed by atoms with Gasteiger partial charge in [-0.15, -0.1) is 0 Å². The highest BCUT2D eigenvalue weighted by molar-refractivity contribution is 6.30. The van der Waals surface area contributed by atoms with Crippen LogP contribution in [0.1, 0.15) is 17.0 Å². The van der Waals surface area contributed by atoms with Crippen LogP contribution in [-0.2, 0) is 6.18 Å². The molecule has 2 aromatic heterocycles. The van der Waals surface area contributed by atoms with Crippen molar-refractivity contribution in [3.05, 3.63) is 28.2 Å². The lowest BCUT2D eigenvalue weighted by molar-refractivity contribution is -0.137. The van der Waals surface area contributed by atoms with Gasteiger partial charge in [0.15, 0.2) is 5.65 Å². The Morgan fingerprint density at radius 3 is 2.50 bits per heavy atom. The lowest BCUT2D eigenvalue weighted by Gasteiger charge is -2.10. The van der Waals surface area contributed by atoms with Crippen LogP contribution in [0.3, 0.4) is 0 Å². The maximum atomic E-state index is 12.6. The van der Waals surface area contributed by atoms with Crippen molar-refractivity contribution in [2.75, 3.05) is 0 Å². The molecule has 2 aromatic rings. The number of halogens is 4. The van der Waals surface area contributed by atoms with E-state index in [0.717, 1.165) is 10.6 Å². The summed E-state index contributed by atoms with van der Waals surface area (Å²) >= 11 is 5.65. The third-order valence-electron chi connectivity index (χ3n) is 2.14. The van der Waals surface area contributed by atoms with E-state index in [1.807, 2.05) is 0 Å². The Bertz CT molecular complexity index is 559. The first-order valence-corrected chi connectivity index (χ1v) is 4.78. The first kappa shape index (κ1) is 11.2. The molecule has 0 aromatic carbocycles. The quantitative estimate of drug-likeness (QED) is 0.672. The number of nitrogens with zero attached hydrogens (tertiary/aromatic N) is 3. The first-order chi connectivity index (χ1) is 7.30. The minimum atomic E-state index is -4.49. The molecule has 16 heavy (non-hydrogen) atoms. The summed E-state index contributed by atoms with van der Waals surface area (Å²) in [6.07, 6.45) is -4.49. The molecule has 2 rings (SSSR count). The van der Waals surface area contributed by atoms with E-state index >= 15 is 0 Å². The Hall–Kier alpha value is -1.30. The second kappa shape index (κ2) is 3.35. The zero-order valence-electron chi connectivity index (χ0n) is 8.43. The van der Waals surface area contributed by atoms with Crippen LogP contribution in [0, 0.1) is 13.8 Å². The highest BCUT2D eigenvalue weighted by atomic mass is 35.5. The average molecular weight is 250 g/mol. The third-order valence-corrected chi connectivity index (χ3v) is 2.50. The molecule has 0 amide bonds. The molecule has 0 aliphatic carbocycles. The van der Waals surface area contributed by atoms with Crippen LogP contribution < -0.4 is 0 Å². The Labute approximate surface area is 93.9 Å². The minimum Gasteiger partial charge on any atom is -0.212 e. The molecule has 0 atom stereocenters. The number of rotatable bonds is 0. The molecule has 0 aliphatic rings. The van der Waals surface area contributed by atoms with Crippen LogP contribution in [0.25, 0.3) is 5.65 Å². The summed E-state index contributed by atoms with van der Waals surface area (Å²) < 4.78 is 38.9. The number of pyridine rings is 1. The standard InChI is InChI=1S/C9H7ClF3N3/c1-4-3-6(9(11,12)13)7(10)16-8(4)14-5(2)15-16/h3H,1-2H3. The van der Waals surface area contributed by atoms with Gasteiger partial charge in [-0.2, -0.15) is 18.3 Å². The largest absolute Gasteiger partial charge is 0.419 e. The number of aromatic nitrogens is 3. The van der Waals surface area contributed by atoms with Gasteiger partial charge in [0.1, 0.15) is 11.0 Å². The van der Waals surface area contributed by atoms with Crippen LogP contribution in [-0.4, -0.2) is 14.6 Å². The summed E-state index contributed by atoms with van der Waals surface area (Å²) in [4.78, 5) is 4.00. The first-order valence-electron chi connectivity index (χ1n) is 4.40. The van der Waals surface area contributed by atoms with Crippen molar-refractivity contribution in [2.24, 2.45) is 0 Å². The van der Waals surface area contributed by atoms with E-state index < -0.39 is 16.9 Å². The van der Waals surface area contributed by atoms with Gasteiger partial charge in [-0.25, -0.2) is 9.50 Å². The summed E-state index contributed by atoms with van der Waals surface area (Å²) in [5, 5.41) is 3.36. The monoisotopic (exact) mass is 249 g/mol. The van der Waals surface area contributed by atoms with Crippen molar-refractivity contribution in [1.29, 1.82) is 0 Å². The van der Waals surface area contributed by atoms with Gasteiger partial charge in [0.25, 0.3) is 0 Å². The zero-order chi connectivity index (χ0) is 12.1. The molecule has 0 N–H and O–H groups in total. The predicted octanol–water partition coefficient (Wildman–Crippen LogP) is 3.02. The summed E-state index contributed by atoms with van der Waals surface area (Å²) in [7, 11) is 0. The Balaban J connectivity index is 2.85. The Morgan fingerprint density at radius 1 is 1.31 bits per heavy atom. The fourth-order valence-corrected chi connectivity index (χ4v) is 1.74. The fraction of sp³-hybridized carbons (Fsp3) is 0.333. The van der Waals surface area contributed by atoms with Crippen molar-refractivity contribution in [3.63, 3.8) is 0 Å². The topological polar surface area (TPSA) is 30.2 Å². The maximum absolute atomic E-state index is 12.6. The number of fused-ring (bicyclic) bond motifs is 1. The lowest BCUT2D eigenvalue weighted by atomic mass is 10.2. The molecule has 0 spiro atoms. The number of aryl methyl sites for hydroxylation is 2. The van der Waals surface area contributed by atoms with Gasteiger partial charge >= 0.3 is 6.18 Å². The van der Waals surface area contributed by atoms with E-state index in [2.05, 4.69) is 10.1 Å². The van der Waals surface area contributed by atoms with Crippen molar-refractivity contribution in [1.82, 2.24) is 14.6 Å². The molecule has 86 valence electrons. The number of hydrogen-bond acceptors (Lipinski definition) is 2. The van der Waals surface area contributed by atoms with Gasteiger partial charge in [-0.05, 0) is 25.5 Å². The van der Waals surface area contributed by atoms with Crippen LogP contribution in [0.2, 0.25) is 5.15 Å². The van der Waals surface area contributed by atoms with Crippen molar-refractivity contribution in [2.45, 2.75) is 20.0 Å². The van der Waals surface area contributed by atoms with Crippen molar-refractivity contribution >= 4 is 17.2 Å². The van der Waals surface area contributed by atoms with E-state index in [4.69, 9.17) is 11.6 Å². The molecule has 2 heterocycles. The lowest BCUT2D eigenvalue weighted by Crippen LogP contribution is -2.10. The maximum Gasteiger partial charge on any atom is 0.419 e. The molecule has 0 bridgehead atoms. The molecule has 0 fully saturated rings. The number of hydrogen-bond donors (Lipinski definition) is 0. The smallest absolute Gasteiger partial charge is 0.212 e. The van der Waals surface area contributed by atoms with Gasteiger partial charge < -0.3 is 0 Å². The molecular formula is C9H7ClF3N3. The second-order valence-corrected chi connectivity index (χ2v) is 3.78. The van der Waals surface area contributed by atoms with E-state index in [1.165, 1.54) is 6.92 Å². The zero-order valence-corrected chi connectivity index (χ0v) is 9.19. The highest BCUT2D eigenvalue weighted by Gasteiger charge is 2.35. The third kappa shape index (κ3) is 1.63. The molecule has 0 radical (unpaired) electrons. The van der Waals surface area contributed by atoms with Crippen LogP contribution in [0.5, 0.6) is 0 Å². The van der Waals surface area contributed by atoms with Gasteiger partial charge in [0, 0.05) is 0 Å². The Kier molecular flexibility index (Phi) is 2.34. The normalized spacial score (nSPS) is 12.4. The molecular weight excluding hydrogens is 243 g/mol. The molecule has 0 unspecified atom stereocenters. The minimum absolute atomic E-state index is 0.343. The SMILES string of the molecule is Cc1nc2c(C)cc(C(F)(F)F)c(Cl)n2n1. The van der Waals surface area contributed by atoms with Gasteiger partial charge in [-0.1, -0.05) is 11.6 Å². The molecule has 0 saturated carbocycles.